The number of amides is 1. The van der Waals surface area contributed by atoms with Gasteiger partial charge in [-0.15, -0.1) is 0 Å². The van der Waals surface area contributed by atoms with Gasteiger partial charge >= 0.3 is 0 Å². The Morgan fingerprint density at radius 2 is 1.87 bits per heavy atom. The van der Waals surface area contributed by atoms with E-state index < -0.39 is 0 Å². The molecule has 3 N–H and O–H groups in total. The minimum Gasteiger partial charge on any atom is -0.457 e. The van der Waals surface area contributed by atoms with E-state index in [2.05, 4.69) is 5.32 Å². The van der Waals surface area contributed by atoms with Gasteiger partial charge in [-0.25, -0.2) is 0 Å². The van der Waals surface area contributed by atoms with Gasteiger partial charge in [0.25, 0.3) is 5.91 Å². The van der Waals surface area contributed by atoms with Crippen LogP contribution < -0.4 is 15.8 Å². The van der Waals surface area contributed by atoms with Gasteiger partial charge in [0.1, 0.15) is 11.5 Å². The molecule has 0 aromatic heterocycles. The van der Waals surface area contributed by atoms with Crippen LogP contribution in [0.25, 0.3) is 0 Å². The van der Waals surface area contributed by atoms with Crippen molar-refractivity contribution in [3.63, 3.8) is 0 Å². The van der Waals surface area contributed by atoms with E-state index in [9.17, 15) is 4.79 Å². The number of benzene rings is 2. The summed E-state index contributed by atoms with van der Waals surface area (Å²) in [5.74, 6) is 1.74. The standard InChI is InChI=1S/C19H22N2O2/c20-13-15-7-5-11-18(15)21-19(22)14-6-4-10-17(12-14)23-16-8-2-1-3-9-16/h1-4,6,8-10,12,15,18H,5,7,11,13,20H2,(H,21,22). The average Bonchev–Trinajstić information content (AvgIpc) is 3.03. The number of hydrogen-bond donors (Lipinski definition) is 2. The summed E-state index contributed by atoms with van der Waals surface area (Å²) in [5.41, 5.74) is 6.39. The van der Waals surface area contributed by atoms with Gasteiger partial charge in [0.2, 0.25) is 0 Å². The molecule has 4 heteroatoms. The Balaban J connectivity index is 1.68. The lowest BCUT2D eigenvalue weighted by molar-refractivity contribution is 0.0928. The predicted octanol–water partition coefficient (Wildman–Crippen LogP) is 3.34. The molecule has 1 aliphatic carbocycles. The quantitative estimate of drug-likeness (QED) is 0.890. The first-order valence-electron chi connectivity index (χ1n) is 8.10. The summed E-state index contributed by atoms with van der Waals surface area (Å²) in [6.45, 7) is 0.627. The number of hydrogen-bond acceptors (Lipinski definition) is 3. The van der Waals surface area contributed by atoms with Crippen molar-refractivity contribution in [3.05, 3.63) is 60.2 Å². The van der Waals surface area contributed by atoms with Crippen LogP contribution in [-0.4, -0.2) is 18.5 Å². The van der Waals surface area contributed by atoms with Crippen molar-refractivity contribution in [1.29, 1.82) is 0 Å². The third-order valence-electron chi connectivity index (χ3n) is 4.35. The number of carbonyl (C=O) groups is 1. The highest BCUT2D eigenvalue weighted by Crippen LogP contribution is 2.26. The minimum atomic E-state index is -0.0612. The molecule has 0 heterocycles. The second kappa shape index (κ2) is 7.29. The molecule has 0 bridgehead atoms. The van der Waals surface area contributed by atoms with Crippen molar-refractivity contribution in [2.45, 2.75) is 25.3 Å². The summed E-state index contributed by atoms with van der Waals surface area (Å²) < 4.78 is 5.78. The second-order valence-corrected chi connectivity index (χ2v) is 5.95. The van der Waals surface area contributed by atoms with E-state index in [-0.39, 0.29) is 11.9 Å². The van der Waals surface area contributed by atoms with Crippen molar-refractivity contribution >= 4 is 5.91 Å². The molecule has 1 amide bonds. The summed E-state index contributed by atoms with van der Waals surface area (Å²) in [4.78, 5) is 12.5. The molecule has 1 saturated carbocycles. The van der Waals surface area contributed by atoms with Gasteiger partial charge in [-0.2, -0.15) is 0 Å². The lowest BCUT2D eigenvalue weighted by atomic mass is 10.0. The van der Waals surface area contributed by atoms with Crippen molar-refractivity contribution in [2.75, 3.05) is 6.54 Å². The highest BCUT2D eigenvalue weighted by Gasteiger charge is 2.27. The summed E-state index contributed by atoms with van der Waals surface area (Å²) in [7, 11) is 0. The topological polar surface area (TPSA) is 64.3 Å². The molecule has 1 aliphatic rings. The molecular weight excluding hydrogens is 288 g/mol. The molecule has 0 spiro atoms. The van der Waals surface area contributed by atoms with Crippen LogP contribution in [0.15, 0.2) is 54.6 Å². The zero-order chi connectivity index (χ0) is 16.1. The number of nitrogens with two attached hydrogens (primary N) is 1. The molecule has 2 aromatic rings. The van der Waals surface area contributed by atoms with E-state index >= 15 is 0 Å². The molecule has 0 aliphatic heterocycles. The summed E-state index contributed by atoms with van der Waals surface area (Å²) in [5, 5.41) is 3.11. The summed E-state index contributed by atoms with van der Waals surface area (Å²) >= 11 is 0. The van der Waals surface area contributed by atoms with Crippen molar-refractivity contribution in [2.24, 2.45) is 11.7 Å². The van der Waals surface area contributed by atoms with Gasteiger partial charge in [0, 0.05) is 11.6 Å². The minimum absolute atomic E-state index is 0.0612. The molecule has 1 fully saturated rings. The van der Waals surface area contributed by atoms with Gasteiger partial charge < -0.3 is 15.8 Å². The monoisotopic (exact) mass is 310 g/mol. The first-order valence-corrected chi connectivity index (χ1v) is 8.10. The van der Waals surface area contributed by atoms with Crippen molar-refractivity contribution < 1.29 is 9.53 Å². The molecule has 23 heavy (non-hydrogen) atoms. The van der Waals surface area contributed by atoms with Crippen LogP contribution in [0.5, 0.6) is 11.5 Å². The zero-order valence-electron chi connectivity index (χ0n) is 13.1. The van der Waals surface area contributed by atoms with E-state index in [1.807, 2.05) is 42.5 Å². The van der Waals surface area contributed by atoms with E-state index in [4.69, 9.17) is 10.5 Å². The number of rotatable bonds is 5. The largest absolute Gasteiger partial charge is 0.457 e. The van der Waals surface area contributed by atoms with E-state index in [1.165, 1.54) is 0 Å². The molecule has 2 unspecified atom stereocenters. The van der Waals surface area contributed by atoms with Crippen LogP contribution in [0.2, 0.25) is 0 Å². The fourth-order valence-corrected chi connectivity index (χ4v) is 3.09. The fraction of sp³-hybridized carbons (Fsp3) is 0.316. The maximum absolute atomic E-state index is 12.5. The van der Waals surface area contributed by atoms with Gasteiger partial charge in [0.05, 0.1) is 0 Å². The molecule has 0 radical (unpaired) electrons. The Kier molecular flexibility index (Phi) is 4.93. The zero-order valence-corrected chi connectivity index (χ0v) is 13.1. The molecule has 3 rings (SSSR count). The summed E-state index contributed by atoms with van der Waals surface area (Å²) in [6.07, 6.45) is 3.23. The smallest absolute Gasteiger partial charge is 0.251 e. The highest BCUT2D eigenvalue weighted by molar-refractivity contribution is 5.94. The number of ether oxygens (including phenoxy) is 1. The van der Waals surface area contributed by atoms with Crippen LogP contribution in [0.4, 0.5) is 0 Å². The number of nitrogens with one attached hydrogen (secondary N) is 1. The Morgan fingerprint density at radius 3 is 2.65 bits per heavy atom. The third kappa shape index (κ3) is 3.90. The van der Waals surface area contributed by atoms with Crippen molar-refractivity contribution in [3.8, 4) is 11.5 Å². The molecule has 120 valence electrons. The third-order valence-corrected chi connectivity index (χ3v) is 4.35. The second-order valence-electron chi connectivity index (χ2n) is 5.95. The SMILES string of the molecule is NCC1CCCC1NC(=O)c1cccc(Oc2ccccc2)c1. The molecular formula is C19H22N2O2. The normalized spacial score (nSPS) is 20.2. The predicted molar refractivity (Wildman–Crippen MR) is 90.6 cm³/mol. The van der Waals surface area contributed by atoms with Gasteiger partial charge in [-0.1, -0.05) is 30.7 Å². The van der Waals surface area contributed by atoms with Gasteiger partial charge in [-0.3, -0.25) is 4.79 Å². The molecule has 0 saturated heterocycles. The van der Waals surface area contributed by atoms with Crippen LogP contribution in [0.3, 0.4) is 0 Å². The first kappa shape index (κ1) is 15.6. The number of para-hydroxylation sites is 1. The maximum Gasteiger partial charge on any atom is 0.251 e. The average molecular weight is 310 g/mol. The Morgan fingerprint density at radius 1 is 1.09 bits per heavy atom. The molecule has 2 atom stereocenters. The number of carbonyl (C=O) groups excluding carboxylic acids is 1. The molecule has 4 nitrogen and oxygen atoms in total. The van der Waals surface area contributed by atoms with Crippen LogP contribution in [0.1, 0.15) is 29.6 Å². The first-order chi connectivity index (χ1) is 11.3. The molecule has 2 aromatic carbocycles. The lowest BCUT2D eigenvalue weighted by Crippen LogP contribution is -2.39. The maximum atomic E-state index is 12.5. The Labute approximate surface area is 136 Å². The van der Waals surface area contributed by atoms with Crippen molar-refractivity contribution in [1.82, 2.24) is 5.32 Å². The van der Waals surface area contributed by atoms with Crippen LogP contribution in [0, 0.1) is 5.92 Å². The van der Waals surface area contributed by atoms with E-state index in [0.717, 1.165) is 25.0 Å². The van der Waals surface area contributed by atoms with Crippen LogP contribution in [-0.2, 0) is 0 Å². The lowest BCUT2D eigenvalue weighted by Gasteiger charge is -2.19. The van der Waals surface area contributed by atoms with Gasteiger partial charge in [0.15, 0.2) is 0 Å². The Bertz CT molecular complexity index is 657. The van der Waals surface area contributed by atoms with E-state index in [0.29, 0.717) is 23.8 Å². The highest BCUT2D eigenvalue weighted by atomic mass is 16.5. The van der Waals surface area contributed by atoms with Crippen LogP contribution >= 0.6 is 0 Å². The summed E-state index contributed by atoms with van der Waals surface area (Å²) in [6, 6.07) is 17.0. The fourth-order valence-electron chi connectivity index (χ4n) is 3.09. The van der Waals surface area contributed by atoms with Gasteiger partial charge in [-0.05, 0) is 55.6 Å². The Hall–Kier alpha value is -2.33. The van der Waals surface area contributed by atoms with E-state index in [1.54, 1.807) is 12.1 Å².